The SMILES string of the molecule is CCCNCCC(=O)OCCCCOC(=O)C(C)(C)CC. The molecular weight excluding hydrogens is 270 g/mol. The van der Waals surface area contributed by atoms with E-state index in [9.17, 15) is 9.59 Å². The second-order valence-corrected chi connectivity index (χ2v) is 5.80. The lowest BCUT2D eigenvalue weighted by Crippen LogP contribution is -2.26. The van der Waals surface area contributed by atoms with Crippen molar-refractivity contribution in [1.82, 2.24) is 5.32 Å². The van der Waals surface area contributed by atoms with Crippen molar-refractivity contribution < 1.29 is 19.1 Å². The summed E-state index contributed by atoms with van der Waals surface area (Å²) in [7, 11) is 0. The minimum atomic E-state index is -0.419. The Morgan fingerprint density at radius 3 is 2.19 bits per heavy atom. The van der Waals surface area contributed by atoms with Gasteiger partial charge in [-0.15, -0.1) is 0 Å². The average Bonchev–Trinajstić information content (AvgIpc) is 2.46. The number of unbranched alkanes of at least 4 members (excludes halogenated alkanes) is 1. The molecule has 0 fully saturated rings. The van der Waals surface area contributed by atoms with Crippen LogP contribution in [0.3, 0.4) is 0 Å². The van der Waals surface area contributed by atoms with Crippen molar-refractivity contribution in [2.75, 3.05) is 26.3 Å². The van der Waals surface area contributed by atoms with Gasteiger partial charge in [-0.25, -0.2) is 0 Å². The lowest BCUT2D eigenvalue weighted by Gasteiger charge is -2.20. The highest BCUT2D eigenvalue weighted by Gasteiger charge is 2.26. The zero-order valence-corrected chi connectivity index (χ0v) is 14.0. The van der Waals surface area contributed by atoms with E-state index in [1.54, 1.807) is 0 Å². The summed E-state index contributed by atoms with van der Waals surface area (Å²) in [5.74, 6) is -0.341. The molecule has 5 heteroatoms. The molecule has 0 unspecified atom stereocenters. The molecule has 5 nitrogen and oxygen atoms in total. The van der Waals surface area contributed by atoms with Crippen molar-refractivity contribution in [2.24, 2.45) is 5.41 Å². The van der Waals surface area contributed by atoms with E-state index in [1.807, 2.05) is 20.8 Å². The van der Waals surface area contributed by atoms with E-state index in [0.29, 0.717) is 39.0 Å². The molecule has 0 heterocycles. The Bertz CT molecular complexity index is 303. The Kier molecular flexibility index (Phi) is 10.9. The summed E-state index contributed by atoms with van der Waals surface area (Å²) in [6.07, 6.45) is 3.65. The lowest BCUT2D eigenvalue weighted by molar-refractivity contribution is -0.154. The number of ether oxygens (including phenoxy) is 2. The van der Waals surface area contributed by atoms with E-state index in [4.69, 9.17) is 9.47 Å². The molecule has 0 saturated heterocycles. The first kappa shape index (κ1) is 19.9. The highest BCUT2D eigenvalue weighted by atomic mass is 16.5. The maximum Gasteiger partial charge on any atom is 0.311 e. The van der Waals surface area contributed by atoms with Crippen LogP contribution in [-0.4, -0.2) is 38.2 Å². The van der Waals surface area contributed by atoms with E-state index >= 15 is 0 Å². The first-order valence-corrected chi connectivity index (χ1v) is 7.97. The Labute approximate surface area is 128 Å². The third-order valence-electron chi connectivity index (χ3n) is 3.40. The summed E-state index contributed by atoms with van der Waals surface area (Å²) in [5.41, 5.74) is -0.419. The molecule has 0 aromatic heterocycles. The molecule has 124 valence electrons. The summed E-state index contributed by atoms with van der Waals surface area (Å²) in [5, 5.41) is 3.15. The maximum atomic E-state index is 11.7. The molecule has 0 aliphatic heterocycles. The standard InChI is InChI=1S/C16H31NO4/c1-5-10-17-11-9-14(18)20-12-7-8-13-21-15(19)16(3,4)6-2/h17H,5-13H2,1-4H3. The van der Waals surface area contributed by atoms with E-state index < -0.39 is 5.41 Å². The number of esters is 2. The van der Waals surface area contributed by atoms with Crippen molar-refractivity contribution in [3.8, 4) is 0 Å². The summed E-state index contributed by atoms with van der Waals surface area (Å²) in [6.45, 7) is 10.2. The van der Waals surface area contributed by atoms with Crippen LogP contribution >= 0.6 is 0 Å². The highest BCUT2D eigenvalue weighted by Crippen LogP contribution is 2.21. The topological polar surface area (TPSA) is 64.6 Å². The minimum Gasteiger partial charge on any atom is -0.466 e. The van der Waals surface area contributed by atoms with Crippen molar-refractivity contribution >= 4 is 11.9 Å². The summed E-state index contributed by atoms with van der Waals surface area (Å²) >= 11 is 0. The van der Waals surface area contributed by atoms with Crippen LogP contribution in [0.25, 0.3) is 0 Å². The molecule has 0 spiro atoms. The monoisotopic (exact) mass is 301 g/mol. The van der Waals surface area contributed by atoms with Crippen molar-refractivity contribution in [1.29, 1.82) is 0 Å². The quantitative estimate of drug-likeness (QED) is 0.443. The molecule has 0 aromatic carbocycles. The van der Waals surface area contributed by atoms with Gasteiger partial charge in [0.2, 0.25) is 0 Å². The van der Waals surface area contributed by atoms with Gasteiger partial charge in [0.05, 0.1) is 25.0 Å². The number of rotatable bonds is 12. The average molecular weight is 301 g/mol. The Balaban J connectivity index is 3.48. The van der Waals surface area contributed by atoms with E-state index in [1.165, 1.54) is 0 Å². The smallest absolute Gasteiger partial charge is 0.311 e. The van der Waals surface area contributed by atoms with Gasteiger partial charge in [-0.2, -0.15) is 0 Å². The molecule has 0 aliphatic carbocycles. The number of hydrogen-bond donors (Lipinski definition) is 1. The van der Waals surface area contributed by atoms with E-state index in [2.05, 4.69) is 12.2 Å². The molecule has 21 heavy (non-hydrogen) atoms. The van der Waals surface area contributed by atoms with Gasteiger partial charge < -0.3 is 14.8 Å². The van der Waals surface area contributed by atoms with Gasteiger partial charge >= 0.3 is 11.9 Å². The molecule has 0 aliphatic rings. The van der Waals surface area contributed by atoms with Gasteiger partial charge in [0.15, 0.2) is 0 Å². The fourth-order valence-electron chi connectivity index (χ4n) is 1.46. The first-order chi connectivity index (χ1) is 9.94. The Morgan fingerprint density at radius 2 is 1.62 bits per heavy atom. The number of carbonyl (C=O) groups excluding carboxylic acids is 2. The normalized spacial score (nSPS) is 11.2. The highest BCUT2D eigenvalue weighted by molar-refractivity contribution is 5.75. The molecular formula is C16H31NO4. The fourth-order valence-corrected chi connectivity index (χ4v) is 1.46. The molecule has 1 N–H and O–H groups in total. The van der Waals surface area contributed by atoms with Crippen LogP contribution in [-0.2, 0) is 19.1 Å². The van der Waals surface area contributed by atoms with Crippen LogP contribution in [0.2, 0.25) is 0 Å². The van der Waals surface area contributed by atoms with Crippen LogP contribution < -0.4 is 5.32 Å². The third-order valence-corrected chi connectivity index (χ3v) is 3.40. The zero-order valence-electron chi connectivity index (χ0n) is 14.0. The summed E-state index contributed by atoms with van der Waals surface area (Å²) < 4.78 is 10.3. The molecule has 0 atom stereocenters. The van der Waals surface area contributed by atoms with Crippen LogP contribution in [0.15, 0.2) is 0 Å². The fraction of sp³-hybridized carbons (Fsp3) is 0.875. The van der Waals surface area contributed by atoms with Gasteiger partial charge in [0.1, 0.15) is 0 Å². The minimum absolute atomic E-state index is 0.163. The van der Waals surface area contributed by atoms with Crippen LogP contribution in [0, 0.1) is 5.41 Å². The number of carbonyl (C=O) groups is 2. The predicted octanol–water partition coefficient (Wildman–Crippen LogP) is 2.68. The van der Waals surface area contributed by atoms with Crippen LogP contribution in [0.1, 0.15) is 59.8 Å². The Morgan fingerprint density at radius 1 is 1.00 bits per heavy atom. The molecule has 0 bridgehead atoms. The van der Waals surface area contributed by atoms with Gasteiger partial charge in [0.25, 0.3) is 0 Å². The van der Waals surface area contributed by atoms with Gasteiger partial charge in [0, 0.05) is 6.54 Å². The summed E-state index contributed by atoms with van der Waals surface area (Å²) in [4.78, 5) is 23.1. The largest absolute Gasteiger partial charge is 0.466 e. The molecule has 0 saturated carbocycles. The van der Waals surface area contributed by atoms with Gasteiger partial charge in [-0.1, -0.05) is 13.8 Å². The zero-order chi connectivity index (χ0) is 16.1. The Hall–Kier alpha value is -1.10. The third kappa shape index (κ3) is 10.3. The van der Waals surface area contributed by atoms with Crippen LogP contribution in [0.4, 0.5) is 0 Å². The van der Waals surface area contributed by atoms with E-state index in [-0.39, 0.29) is 11.9 Å². The molecule has 0 radical (unpaired) electrons. The van der Waals surface area contributed by atoms with E-state index in [0.717, 1.165) is 19.4 Å². The van der Waals surface area contributed by atoms with Gasteiger partial charge in [-0.05, 0) is 46.1 Å². The predicted molar refractivity (Wildman–Crippen MR) is 83.0 cm³/mol. The van der Waals surface area contributed by atoms with Crippen molar-refractivity contribution in [2.45, 2.75) is 59.8 Å². The second-order valence-electron chi connectivity index (χ2n) is 5.80. The molecule has 0 rings (SSSR count). The molecule has 0 amide bonds. The first-order valence-electron chi connectivity index (χ1n) is 7.97. The van der Waals surface area contributed by atoms with Crippen LogP contribution in [0.5, 0.6) is 0 Å². The maximum absolute atomic E-state index is 11.7. The number of nitrogens with one attached hydrogen (secondary N) is 1. The van der Waals surface area contributed by atoms with Gasteiger partial charge in [-0.3, -0.25) is 9.59 Å². The lowest BCUT2D eigenvalue weighted by atomic mass is 9.91. The second kappa shape index (κ2) is 11.5. The molecule has 0 aromatic rings. The number of hydrogen-bond acceptors (Lipinski definition) is 5. The summed E-state index contributed by atoms with van der Waals surface area (Å²) in [6, 6.07) is 0. The van der Waals surface area contributed by atoms with Crippen molar-refractivity contribution in [3.05, 3.63) is 0 Å². The van der Waals surface area contributed by atoms with Crippen molar-refractivity contribution in [3.63, 3.8) is 0 Å².